The van der Waals surface area contributed by atoms with Crippen molar-refractivity contribution in [2.75, 3.05) is 51.3 Å². The molecule has 0 N–H and O–H groups in total. The standard InChI is InChI=1S/C15H23N5O2/c1-17-4-5-19(15(17)21)12-7-16-20(10-12)13-8-18(9-13)11-14-3-2-6-22-14/h7,10,13-14H,2-6,8-9,11H2,1H3. The van der Waals surface area contributed by atoms with Gasteiger partial charge in [0.05, 0.1) is 24.0 Å². The van der Waals surface area contributed by atoms with E-state index in [1.807, 2.05) is 17.9 Å². The van der Waals surface area contributed by atoms with E-state index in [1.54, 1.807) is 16.0 Å². The number of urea groups is 1. The van der Waals surface area contributed by atoms with Gasteiger partial charge in [-0.25, -0.2) is 4.79 Å². The molecular formula is C15H23N5O2. The maximum Gasteiger partial charge on any atom is 0.324 e. The maximum atomic E-state index is 12.0. The number of likely N-dealkylation sites (N-methyl/N-ethyl adjacent to an activating group) is 1. The average Bonchev–Trinajstić information content (AvgIpc) is 3.18. The summed E-state index contributed by atoms with van der Waals surface area (Å²) in [6, 6.07) is 0.485. The first kappa shape index (κ1) is 14.0. The first-order chi connectivity index (χ1) is 10.7. The van der Waals surface area contributed by atoms with Gasteiger partial charge in [0.1, 0.15) is 0 Å². The van der Waals surface area contributed by atoms with E-state index in [1.165, 1.54) is 12.8 Å². The van der Waals surface area contributed by atoms with Crippen molar-refractivity contribution in [2.45, 2.75) is 25.0 Å². The van der Waals surface area contributed by atoms with Crippen LogP contribution in [0.1, 0.15) is 18.9 Å². The molecule has 7 nitrogen and oxygen atoms in total. The highest BCUT2D eigenvalue weighted by Gasteiger charge is 2.33. The third kappa shape index (κ3) is 2.48. The molecule has 0 aromatic carbocycles. The van der Waals surface area contributed by atoms with Crippen molar-refractivity contribution in [1.82, 2.24) is 19.6 Å². The minimum Gasteiger partial charge on any atom is -0.377 e. The predicted octanol–water partition coefficient (Wildman–Crippen LogP) is 0.791. The number of carbonyl (C=O) groups is 1. The Hall–Kier alpha value is -1.60. The zero-order chi connectivity index (χ0) is 15.1. The molecule has 0 saturated carbocycles. The van der Waals surface area contributed by atoms with Crippen molar-refractivity contribution in [3.8, 4) is 0 Å². The van der Waals surface area contributed by atoms with Gasteiger partial charge in [-0.05, 0) is 12.8 Å². The van der Waals surface area contributed by atoms with Gasteiger partial charge in [-0.1, -0.05) is 0 Å². The summed E-state index contributed by atoms with van der Waals surface area (Å²) in [7, 11) is 1.83. The number of likely N-dealkylation sites (tertiary alicyclic amines) is 1. The molecule has 3 fully saturated rings. The van der Waals surface area contributed by atoms with Crippen molar-refractivity contribution in [1.29, 1.82) is 0 Å². The number of hydrogen-bond acceptors (Lipinski definition) is 4. The summed E-state index contributed by atoms with van der Waals surface area (Å²) in [5, 5.41) is 4.45. The summed E-state index contributed by atoms with van der Waals surface area (Å²) in [4.78, 5) is 18.0. The van der Waals surface area contributed by atoms with Crippen molar-refractivity contribution in [2.24, 2.45) is 0 Å². The highest BCUT2D eigenvalue weighted by atomic mass is 16.5. The minimum absolute atomic E-state index is 0.0631. The summed E-state index contributed by atoms with van der Waals surface area (Å²) in [6.45, 7) is 5.53. The zero-order valence-corrected chi connectivity index (χ0v) is 13.0. The Morgan fingerprint density at radius 2 is 2.23 bits per heavy atom. The Morgan fingerprint density at radius 3 is 2.91 bits per heavy atom. The van der Waals surface area contributed by atoms with E-state index in [9.17, 15) is 4.79 Å². The molecule has 0 bridgehead atoms. The van der Waals surface area contributed by atoms with Gasteiger partial charge in [0, 0.05) is 52.6 Å². The third-order valence-corrected chi connectivity index (χ3v) is 4.91. The highest BCUT2D eigenvalue weighted by molar-refractivity contribution is 5.93. The lowest BCUT2D eigenvalue weighted by molar-refractivity contribution is 0.0247. The van der Waals surface area contributed by atoms with E-state index in [0.29, 0.717) is 12.1 Å². The van der Waals surface area contributed by atoms with E-state index < -0.39 is 0 Å². The molecule has 3 aliphatic heterocycles. The van der Waals surface area contributed by atoms with Gasteiger partial charge in [0.2, 0.25) is 0 Å². The molecule has 0 spiro atoms. The predicted molar refractivity (Wildman–Crippen MR) is 82.1 cm³/mol. The van der Waals surface area contributed by atoms with E-state index in [2.05, 4.69) is 10.00 Å². The Balaban J connectivity index is 1.32. The van der Waals surface area contributed by atoms with Gasteiger partial charge in [-0.15, -0.1) is 0 Å². The fraction of sp³-hybridized carbons (Fsp3) is 0.733. The van der Waals surface area contributed by atoms with Crippen molar-refractivity contribution in [3.05, 3.63) is 12.4 Å². The molecule has 120 valence electrons. The smallest absolute Gasteiger partial charge is 0.324 e. The van der Waals surface area contributed by atoms with Gasteiger partial charge in [-0.2, -0.15) is 5.10 Å². The lowest BCUT2D eigenvalue weighted by Gasteiger charge is -2.40. The number of ether oxygens (including phenoxy) is 1. The van der Waals surface area contributed by atoms with Crippen LogP contribution in [0.2, 0.25) is 0 Å². The molecule has 1 unspecified atom stereocenters. The second-order valence-corrected chi connectivity index (χ2v) is 6.54. The number of hydrogen-bond donors (Lipinski definition) is 0. The fourth-order valence-corrected chi connectivity index (χ4v) is 3.49. The van der Waals surface area contributed by atoms with Crippen LogP contribution in [0.25, 0.3) is 0 Å². The SMILES string of the molecule is CN1CCN(c2cnn(C3CN(CC4CCCO4)C3)c2)C1=O. The van der Waals surface area contributed by atoms with E-state index >= 15 is 0 Å². The van der Waals surface area contributed by atoms with Crippen LogP contribution < -0.4 is 4.90 Å². The number of amides is 2. The molecule has 0 radical (unpaired) electrons. The molecule has 3 saturated heterocycles. The molecule has 1 atom stereocenters. The molecule has 7 heteroatoms. The first-order valence-electron chi connectivity index (χ1n) is 8.11. The van der Waals surface area contributed by atoms with Gasteiger partial charge >= 0.3 is 6.03 Å². The number of carbonyl (C=O) groups excluding carboxylic acids is 1. The van der Waals surface area contributed by atoms with Crippen LogP contribution in [0, 0.1) is 0 Å². The second-order valence-electron chi connectivity index (χ2n) is 6.54. The van der Waals surface area contributed by atoms with Crippen LogP contribution >= 0.6 is 0 Å². The van der Waals surface area contributed by atoms with Crippen LogP contribution in [-0.2, 0) is 4.74 Å². The largest absolute Gasteiger partial charge is 0.377 e. The van der Waals surface area contributed by atoms with Gasteiger partial charge in [0.25, 0.3) is 0 Å². The molecule has 1 aromatic rings. The number of anilines is 1. The summed E-state index contributed by atoms with van der Waals surface area (Å²) >= 11 is 0. The Labute approximate surface area is 130 Å². The van der Waals surface area contributed by atoms with Gasteiger partial charge in [-0.3, -0.25) is 14.5 Å². The van der Waals surface area contributed by atoms with Gasteiger partial charge < -0.3 is 9.64 Å². The van der Waals surface area contributed by atoms with Gasteiger partial charge in [0.15, 0.2) is 0 Å². The Kier molecular flexibility index (Phi) is 3.54. The Morgan fingerprint density at radius 1 is 1.36 bits per heavy atom. The van der Waals surface area contributed by atoms with Crippen LogP contribution in [0.5, 0.6) is 0 Å². The monoisotopic (exact) mass is 305 g/mol. The van der Waals surface area contributed by atoms with Crippen molar-refractivity contribution in [3.63, 3.8) is 0 Å². The van der Waals surface area contributed by atoms with E-state index in [0.717, 1.165) is 45.0 Å². The van der Waals surface area contributed by atoms with Crippen LogP contribution in [0.15, 0.2) is 12.4 Å². The van der Waals surface area contributed by atoms with E-state index in [4.69, 9.17) is 4.74 Å². The lowest BCUT2D eigenvalue weighted by atomic mass is 10.1. The minimum atomic E-state index is 0.0631. The lowest BCUT2D eigenvalue weighted by Crippen LogP contribution is -2.50. The van der Waals surface area contributed by atoms with Crippen LogP contribution in [0.3, 0.4) is 0 Å². The third-order valence-electron chi connectivity index (χ3n) is 4.91. The summed E-state index contributed by atoms with van der Waals surface area (Å²) in [5.41, 5.74) is 0.909. The topological polar surface area (TPSA) is 53.8 Å². The second kappa shape index (κ2) is 5.55. The molecule has 4 rings (SSSR count). The molecular weight excluding hydrogens is 282 g/mol. The summed E-state index contributed by atoms with van der Waals surface area (Å²) in [6.07, 6.45) is 6.62. The number of aromatic nitrogens is 2. The summed E-state index contributed by atoms with van der Waals surface area (Å²) in [5.74, 6) is 0. The molecule has 4 heterocycles. The molecule has 22 heavy (non-hydrogen) atoms. The Bertz CT molecular complexity index is 548. The zero-order valence-electron chi connectivity index (χ0n) is 13.0. The first-order valence-corrected chi connectivity index (χ1v) is 8.11. The fourth-order valence-electron chi connectivity index (χ4n) is 3.49. The number of nitrogens with zero attached hydrogens (tertiary/aromatic N) is 5. The normalized spacial score (nSPS) is 27.0. The molecule has 2 amide bonds. The highest BCUT2D eigenvalue weighted by Crippen LogP contribution is 2.26. The molecule has 3 aliphatic rings. The van der Waals surface area contributed by atoms with Crippen molar-refractivity contribution >= 4 is 11.7 Å². The quantitative estimate of drug-likeness (QED) is 0.825. The summed E-state index contributed by atoms with van der Waals surface area (Å²) < 4.78 is 7.69. The molecule has 1 aromatic heterocycles. The number of rotatable bonds is 4. The maximum absolute atomic E-state index is 12.0. The average molecular weight is 305 g/mol. The van der Waals surface area contributed by atoms with Crippen LogP contribution in [-0.4, -0.2) is 78.1 Å². The van der Waals surface area contributed by atoms with Crippen molar-refractivity contribution < 1.29 is 9.53 Å². The van der Waals surface area contributed by atoms with Crippen LogP contribution in [0.4, 0.5) is 10.5 Å². The van der Waals surface area contributed by atoms with E-state index in [-0.39, 0.29) is 6.03 Å². The molecule has 0 aliphatic carbocycles.